The molecule has 0 saturated carbocycles. The molecule has 2 N–H and O–H groups in total. The van der Waals surface area contributed by atoms with Crippen LogP contribution in [-0.2, 0) is 16.1 Å². The molecule has 22 heavy (non-hydrogen) atoms. The van der Waals surface area contributed by atoms with Crippen molar-refractivity contribution in [1.82, 2.24) is 14.5 Å². The number of para-hydroxylation sites is 1. The van der Waals surface area contributed by atoms with Gasteiger partial charge in [0.05, 0.1) is 24.4 Å². The van der Waals surface area contributed by atoms with Crippen LogP contribution in [0.2, 0.25) is 0 Å². The number of nitrogen functional groups attached to an aromatic ring is 1. The number of hydrogen-bond acceptors (Lipinski definition) is 4. The van der Waals surface area contributed by atoms with Gasteiger partial charge in [0.25, 0.3) is 0 Å². The van der Waals surface area contributed by atoms with Crippen molar-refractivity contribution in [3.63, 3.8) is 0 Å². The summed E-state index contributed by atoms with van der Waals surface area (Å²) in [6.07, 6.45) is 0. The number of nitrogens with two attached hydrogens (primary N) is 1. The quantitative estimate of drug-likeness (QED) is 0.874. The number of carbonyl (C=O) groups is 1. The van der Waals surface area contributed by atoms with E-state index in [0.717, 1.165) is 16.9 Å². The number of imidazole rings is 1. The standard InChI is InChI=1S/C16H22N4O2/c1-11(2)16-18-15-12(17)4-3-5-13(15)20(16)10-14(21)19-6-8-22-9-7-19/h3-5,11H,6-10,17H2,1-2H3. The molecule has 1 aromatic carbocycles. The Morgan fingerprint density at radius 3 is 2.77 bits per heavy atom. The lowest BCUT2D eigenvalue weighted by molar-refractivity contribution is -0.135. The van der Waals surface area contributed by atoms with Crippen molar-refractivity contribution in [2.45, 2.75) is 26.3 Å². The molecular weight excluding hydrogens is 280 g/mol. The molecule has 6 nitrogen and oxygen atoms in total. The maximum Gasteiger partial charge on any atom is 0.242 e. The second kappa shape index (κ2) is 5.96. The summed E-state index contributed by atoms with van der Waals surface area (Å²) in [7, 11) is 0. The molecule has 1 aliphatic heterocycles. The number of anilines is 1. The highest BCUT2D eigenvalue weighted by Crippen LogP contribution is 2.25. The van der Waals surface area contributed by atoms with E-state index in [0.29, 0.717) is 38.5 Å². The summed E-state index contributed by atoms with van der Waals surface area (Å²) in [6, 6.07) is 5.71. The topological polar surface area (TPSA) is 73.4 Å². The number of hydrogen-bond donors (Lipinski definition) is 1. The molecule has 0 bridgehead atoms. The summed E-state index contributed by atoms with van der Waals surface area (Å²) >= 11 is 0. The van der Waals surface area contributed by atoms with Crippen molar-refractivity contribution in [1.29, 1.82) is 0 Å². The van der Waals surface area contributed by atoms with E-state index < -0.39 is 0 Å². The first-order valence-corrected chi connectivity index (χ1v) is 7.68. The van der Waals surface area contributed by atoms with E-state index in [9.17, 15) is 4.79 Å². The fourth-order valence-corrected chi connectivity index (χ4v) is 2.84. The Hall–Kier alpha value is -2.08. The Bertz CT molecular complexity index is 687. The number of rotatable bonds is 3. The molecule has 1 amide bonds. The first-order valence-electron chi connectivity index (χ1n) is 7.68. The largest absolute Gasteiger partial charge is 0.397 e. The van der Waals surface area contributed by atoms with Gasteiger partial charge in [-0.05, 0) is 12.1 Å². The van der Waals surface area contributed by atoms with Gasteiger partial charge in [-0.1, -0.05) is 19.9 Å². The zero-order valence-corrected chi connectivity index (χ0v) is 13.1. The maximum absolute atomic E-state index is 12.6. The van der Waals surface area contributed by atoms with Crippen LogP contribution in [0.3, 0.4) is 0 Å². The zero-order valence-electron chi connectivity index (χ0n) is 13.1. The summed E-state index contributed by atoms with van der Waals surface area (Å²) in [5.41, 5.74) is 8.37. The highest BCUT2D eigenvalue weighted by molar-refractivity contribution is 5.89. The van der Waals surface area contributed by atoms with Gasteiger partial charge in [-0.25, -0.2) is 4.98 Å². The van der Waals surface area contributed by atoms with Gasteiger partial charge in [0.1, 0.15) is 17.9 Å². The molecule has 118 valence electrons. The summed E-state index contributed by atoms with van der Waals surface area (Å²) < 4.78 is 7.30. The molecular formula is C16H22N4O2. The summed E-state index contributed by atoms with van der Waals surface area (Å²) in [6.45, 7) is 6.99. The number of benzene rings is 1. The van der Waals surface area contributed by atoms with E-state index in [-0.39, 0.29) is 11.8 Å². The second-order valence-electron chi connectivity index (χ2n) is 5.92. The molecule has 0 unspecified atom stereocenters. The van der Waals surface area contributed by atoms with Crippen molar-refractivity contribution < 1.29 is 9.53 Å². The van der Waals surface area contributed by atoms with Crippen LogP contribution in [0.15, 0.2) is 18.2 Å². The molecule has 0 aliphatic carbocycles. The number of amides is 1. The average molecular weight is 302 g/mol. The van der Waals surface area contributed by atoms with Gasteiger partial charge in [0.2, 0.25) is 5.91 Å². The third kappa shape index (κ3) is 2.66. The van der Waals surface area contributed by atoms with Crippen molar-refractivity contribution >= 4 is 22.6 Å². The minimum Gasteiger partial charge on any atom is -0.397 e. The number of carbonyl (C=O) groups excluding carboxylic acids is 1. The highest BCUT2D eigenvalue weighted by atomic mass is 16.5. The minimum absolute atomic E-state index is 0.104. The van der Waals surface area contributed by atoms with Crippen LogP contribution in [0, 0.1) is 0 Å². The molecule has 0 radical (unpaired) electrons. The highest BCUT2D eigenvalue weighted by Gasteiger charge is 2.21. The van der Waals surface area contributed by atoms with E-state index in [1.807, 2.05) is 27.7 Å². The van der Waals surface area contributed by atoms with E-state index >= 15 is 0 Å². The first kappa shape index (κ1) is 14.8. The smallest absolute Gasteiger partial charge is 0.242 e. The normalized spacial score (nSPS) is 15.7. The maximum atomic E-state index is 12.6. The summed E-state index contributed by atoms with van der Waals surface area (Å²) in [5, 5.41) is 0. The van der Waals surface area contributed by atoms with Gasteiger partial charge in [-0.2, -0.15) is 0 Å². The molecule has 2 aromatic rings. The first-order chi connectivity index (χ1) is 10.6. The number of ether oxygens (including phenoxy) is 1. The lowest BCUT2D eigenvalue weighted by atomic mass is 10.2. The van der Waals surface area contributed by atoms with E-state index in [1.165, 1.54) is 0 Å². The lowest BCUT2D eigenvalue weighted by Gasteiger charge is -2.27. The predicted molar refractivity (Wildman–Crippen MR) is 85.6 cm³/mol. The van der Waals surface area contributed by atoms with Crippen LogP contribution in [0.4, 0.5) is 5.69 Å². The van der Waals surface area contributed by atoms with Gasteiger partial charge < -0.3 is 19.9 Å². The summed E-state index contributed by atoms with van der Waals surface area (Å²) in [5.74, 6) is 1.23. The van der Waals surface area contributed by atoms with Crippen LogP contribution < -0.4 is 5.73 Å². The van der Waals surface area contributed by atoms with Gasteiger partial charge in [0, 0.05) is 19.0 Å². The van der Waals surface area contributed by atoms with Crippen LogP contribution in [0.25, 0.3) is 11.0 Å². The Balaban J connectivity index is 1.96. The molecule has 0 atom stereocenters. The van der Waals surface area contributed by atoms with Crippen LogP contribution >= 0.6 is 0 Å². The third-order valence-electron chi connectivity index (χ3n) is 4.01. The Kier molecular flexibility index (Phi) is 4.02. The van der Waals surface area contributed by atoms with Crippen LogP contribution in [0.1, 0.15) is 25.6 Å². The zero-order chi connectivity index (χ0) is 15.7. The third-order valence-corrected chi connectivity index (χ3v) is 4.01. The van der Waals surface area contributed by atoms with Gasteiger partial charge in [-0.15, -0.1) is 0 Å². The Morgan fingerprint density at radius 1 is 1.36 bits per heavy atom. The number of aromatic nitrogens is 2. The number of nitrogens with zero attached hydrogens (tertiary/aromatic N) is 3. The molecule has 1 saturated heterocycles. The fraction of sp³-hybridized carbons (Fsp3) is 0.500. The molecule has 6 heteroatoms. The number of fused-ring (bicyclic) bond motifs is 1. The van der Waals surface area contributed by atoms with E-state index in [1.54, 1.807) is 0 Å². The minimum atomic E-state index is 0.104. The Morgan fingerprint density at radius 2 is 2.09 bits per heavy atom. The molecule has 2 heterocycles. The Labute approximate surface area is 129 Å². The molecule has 1 fully saturated rings. The van der Waals surface area contributed by atoms with Crippen molar-refractivity contribution in [3.05, 3.63) is 24.0 Å². The SMILES string of the molecule is CC(C)c1nc2c(N)cccc2n1CC(=O)N1CCOCC1. The summed E-state index contributed by atoms with van der Waals surface area (Å²) in [4.78, 5) is 19.1. The van der Waals surface area contributed by atoms with Crippen LogP contribution in [-0.4, -0.2) is 46.7 Å². The van der Waals surface area contributed by atoms with Crippen molar-refractivity contribution in [2.24, 2.45) is 0 Å². The van der Waals surface area contributed by atoms with Gasteiger partial charge in [0.15, 0.2) is 0 Å². The average Bonchev–Trinajstić information content (AvgIpc) is 2.89. The van der Waals surface area contributed by atoms with E-state index in [2.05, 4.69) is 18.8 Å². The molecule has 1 aliphatic rings. The van der Waals surface area contributed by atoms with E-state index in [4.69, 9.17) is 10.5 Å². The fourth-order valence-electron chi connectivity index (χ4n) is 2.84. The van der Waals surface area contributed by atoms with Crippen molar-refractivity contribution in [2.75, 3.05) is 32.0 Å². The lowest BCUT2D eigenvalue weighted by Crippen LogP contribution is -2.42. The van der Waals surface area contributed by atoms with Crippen LogP contribution in [0.5, 0.6) is 0 Å². The molecule has 1 aromatic heterocycles. The van der Waals surface area contributed by atoms with Gasteiger partial charge in [-0.3, -0.25) is 4.79 Å². The monoisotopic (exact) mass is 302 g/mol. The molecule has 3 rings (SSSR count). The predicted octanol–water partition coefficient (Wildman–Crippen LogP) is 1.60. The second-order valence-corrected chi connectivity index (χ2v) is 5.92. The molecule has 0 spiro atoms. The van der Waals surface area contributed by atoms with Gasteiger partial charge >= 0.3 is 0 Å². The number of morpholine rings is 1. The van der Waals surface area contributed by atoms with Crippen molar-refractivity contribution in [3.8, 4) is 0 Å².